The molecule has 1 heterocycles. The number of para-hydroxylation sites is 1. The van der Waals surface area contributed by atoms with E-state index in [0.717, 1.165) is 0 Å². The number of nitrogens with zero attached hydrogens (tertiary/aromatic N) is 3. The van der Waals surface area contributed by atoms with Gasteiger partial charge in [0.05, 0.1) is 17.9 Å². The molecule has 2 amide bonds. The van der Waals surface area contributed by atoms with Crippen LogP contribution in [0.2, 0.25) is 0 Å². The highest BCUT2D eigenvalue weighted by Crippen LogP contribution is 2.21. The number of carbonyl (C=O) groups excluding carboxylic acids is 2. The highest BCUT2D eigenvalue weighted by Gasteiger charge is 2.16. The van der Waals surface area contributed by atoms with E-state index < -0.39 is 0 Å². The van der Waals surface area contributed by atoms with Gasteiger partial charge in [0.1, 0.15) is 12.7 Å². The number of amides is 2. The van der Waals surface area contributed by atoms with Gasteiger partial charge in [-0.25, -0.2) is 9.67 Å². The fourth-order valence-electron chi connectivity index (χ4n) is 2.77. The molecule has 2 N–H and O–H groups in total. The minimum absolute atomic E-state index is 0.214. The molecule has 3 rings (SSSR count). The van der Waals surface area contributed by atoms with Crippen LogP contribution in [-0.4, -0.2) is 46.8 Å². The standard InChI is InChI=1S/C20H21N5O3/c1-14-15(19(26)22-10-11-28-2)7-5-8-17(14)24-20(27)16-6-3-4-9-18(16)25-13-21-12-23-25/h3-9,12-13H,10-11H2,1-2H3,(H,22,26)(H,24,27). The van der Waals surface area contributed by atoms with E-state index in [2.05, 4.69) is 20.7 Å². The van der Waals surface area contributed by atoms with Crippen LogP contribution in [0.25, 0.3) is 5.69 Å². The molecule has 0 fully saturated rings. The predicted molar refractivity (Wildman–Crippen MR) is 105 cm³/mol. The van der Waals surface area contributed by atoms with Gasteiger partial charge in [-0.15, -0.1) is 0 Å². The van der Waals surface area contributed by atoms with Crippen LogP contribution in [0.15, 0.2) is 55.1 Å². The lowest BCUT2D eigenvalue weighted by molar-refractivity contribution is 0.0935. The summed E-state index contributed by atoms with van der Waals surface area (Å²) >= 11 is 0. The van der Waals surface area contributed by atoms with E-state index in [-0.39, 0.29) is 11.8 Å². The Hall–Kier alpha value is -3.52. The minimum Gasteiger partial charge on any atom is -0.383 e. The fraction of sp³-hybridized carbons (Fsp3) is 0.200. The third kappa shape index (κ3) is 4.24. The summed E-state index contributed by atoms with van der Waals surface area (Å²) in [5, 5.41) is 9.76. The second-order valence-corrected chi connectivity index (χ2v) is 6.04. The molecule has 3 aromatic rings. The van der Waals surface area contributed by atoms with Crippen molar-refractivity contribution in [2.45, 2.75) is 6.92 Å². The molecule has 0 saturated carbocycles. The number of carbonyl (C=O) groups is 2. The molecular formula is C20H21N5O3. The summed E-state index contributed by atoms with van der Waals surface area (Å²) in [6, 6.07) is 12.3. The zero-order chi connectivity index (χ0) is 19.9. The third-order valence-corrected chi connectivity index (χ3v) is 4.23. The van der Waals surface area contributed by atoms with Gasteiger partial charge in [0.25, 0.3) is 11.8 Å². The number of hydrogen-bond acceptors (Lipinski definition) is 5. The Labute approximate surface area is 162 Å². The topological polar surface area (TPSA) is 98.1 Å². The van der Waals surface area contributed by atoms with E-state index in [9.17, 15) is 9.59 Å². The Bertz CT molecular complexity index is 970. The van der Waals surface area contributed by atoms with E-state index in [1.54, 1.807) is 50.4 Å². The molecule has 0 bridgehead atoms. The smallest absolute Gasteiger partial charge is 0.257 e. The first-order valence-corrected chi connectivity index (χ1v) is 8.74. The molecule has 0 saturated heterocycles. The van der Waals surface area contributed by atoms with Crippen LogP contribution >= 0.6 is 0 Å². The highest BCUT2D eigenvalue weighted by atomic mass is 16.5. The van der Waals surface area contributed by atoms with Gasteiger partial charge in [0, 0.05) is 24.9 Å². The van der Waals surface area contributed by atoms with Crippen molar-refractivity contribution in [2.75, 3.05) is 25.6 Å². The molecule has 0 atom stereocenters. The SMILES string of the molecule is COCCNC(=O)c1cccc(NC(=O)c2ccccc2-n2cncn2)c1C. The van der Waals surface area contributed by atoms with Crippen LogP contribution in [0.3, 0.4) is 0 Å². The number of methoxy groups -OCH3 is 1. The van der Waals surface area contributed by atoms with Crippen LogP contribution in [0.4, 0.5) is 5.69 Å². The lowest BCUT2D eigenvalue weighted by Crippen LogP contribution is -2.28. The third-order valence-electron chi connectivity index (χ3n) is 4.23. The maximum Gasteiger partial charge on any atom is 0.257 e. The molecule has 0 radical (unpaired) electrons. The van der Waals surface area contributed by atoms with Gasteiger partial charge < -0.3 is 15.4 Å². The molecule has 0 aliphatic carbocycles. The Morgan fingerprint density at radius 3 is 2.61 bits per heavy atom. The van der Waals surface area contributed by atoms with Crippen LogP contribution < -0.4 is 10.6 Å². The Morgan fingerprint density at radius 2 is 1.86 bits per heavy atom. The summed E-state index contributed by atoms with van der Waals surface area (Å²) in [6.45, 7) is 2.64. The quantitative estimate of drug-likeness (QED) is 0.613. The number of rotatable bonds is 7. The van der Waals surface area contributed by atoms with Gasteiger partial charge >= 0.3 is 0 Å². The summed E-state index contributed by atoms with van der Waals surface area (Å²) in [5.74, 6) is -0.514. The molecule has 8 nitrogen and oxygen atoms in total. The maximum atomic E-state index is 12.9. The van der Waals surface area contributed by atoms with Crippen LogP contribution in [0.1, 0.15) is 26.3 Å². The van der Waals surface area contributed by atoms with E-state index >= 15 is 0 Å². The molecule has 0 unspecified atom stereocenters. The summed E-state index contributed by atoms with van der Waals surface area (Å²) in [4.78, 5) is 29.2. The largest absolute Gasteiger partial charge is 0.383 e. The lowest BCUT2D eigenvalue weighted by atomic mass is 10.1. The van der Waals surface area contributed by atoms with Crippen molar-refractivity contribution < 1.29 is 14.3 Å². The summed E-state index contributed by atoms with van der Waals surface area (Å²) < 4.78 is 6.47. The second kappa shape index (κ2) is 8.92. The Morgan fingerprint density at radius 1 is 1.07 bits per heavy atom. The van der Waals surface area contributed by atoms with Crippen molar-refractivity contribution in [1.82, 2.24) is 20.1 Å². The van der Waals surface area contributed by atoms with E-state index in [1.165, 1.54) is 17.3 Å². The molecule has 0 aliphatic rings. The zero-order valence-electron chi connectivity index (χ0n) is 15.7. The van der Waals surface area contributed by atoms with Gasteiger partial charge in [-0.3, -0.25) is 9.59 Å². The number of ether oxygens (including phenoxy) is 1. The summed E-state index contributed by atoms with van der Waals surface area (Å²) in [7, 11) is 1.57. The number of aromatic nitrogens is 3. The van der Waals surface area contributed by atoms with Crippen LogP contribution in [0.5, 0.6) is 0 Å². The molecule has 0 aliphatic heterocycles. The van der Waals surface area contributed by atoms with E-state index in [4.69, 9.17) is 4.74 Å². The first-order chi connectivity index (χ1) is 13.6. The van der Waals surface area contributed by atoms with Crippen LogP contribution in [0, 0.1) is 6.92 Å². The molecule has 8 heteroatoms. The van der Waals surface area contributed by atoms with Crippen LogP contribution in [-0.2, 0) is 4.74 Å². The second-order valence-electron chi connectivity index (χ2n) is 6.04. The van der Waals surface area contributed by atoms with Gasteiger partial charge in [0.15, 0.2) is 0 Å². The summed E-state index contributed by atoms with van der Waals surface area (Å²) in [5.41, 5.74) is 2.81. The monoisotopic (exact) mass is 379 g/mol. The minimum atomic E-state index is -0.300. The van der Waals surface area contributed by atoms with Crippen molar-refractivity contribution in [3.63, 3.8) is 0 Å². The van der Waals surface area contributed by atoms with Crippen molar-refractivity contribution in [2.24, 2.45) is 0 Å². The van der Waals surface area contributed by atoms with Gasteiger partial charge in [-0.2, -0.15) is 5.10 Å². The molecule has 144 valence electrons. The first-order valence-electron chi connectivity index (χ1n) is 8.74. The van der Waals surface area contributed by atoms with Gasteiger partial charge in [0.2, 0.25) is 0 Å². The van der Waals surface area contributed by atoms with Crippen molar-refractivity contribution in [3.8, 4) is 5.69 Å². The number of nitrogens with one attached hydrogen (secondary N) is 2. The van der Waals surface area contributed by atoms with Crippen molar-refractivity contribution in [1.29, 1.82) is 0 Å². The maximum absolute atomic E-state index is 12.9. The van der Waals surface area contributed by atoms with Gasteiger partial charge in [-0.1, -0.05) is 18.2 Å². The number of benzene rings is 2. The predicted octanol–water partition coefficient (Wildman–Crippen LogP) is 2.20. The average Bonchev–Trinajstić information content (AvgIpc) is 3.24. The Kier molecular flexibility index (Phi) is 6.13. The fourth-order valence-corrected chi connectivity index (χ4v) is 2.77. The van der Waals surface area contributed by atoms with E-state index in [1.807, 2.05) is 6.07 Å². The molecule has 2 aromatic carbocycles. The number of anilines is 1. The zero-order valence-corrected chi connectivity index (χ0v) is 15.7. The highest BCUT2D eigenvalue weighted by molar-refractivity contribution is 6.08. The van der Waals surface area contributed by atoms with Crippen molar-refractivity contribution >= 4 is 17.5 Å². The van der Waals surface area contributed by atoms with Gasteiger partial charge in [-0.05, 0) is 36.8 Å². The first kappa shape index (κ1) is 19.2. The average molecular weight is 379 g/mol. The lowest BCUT2D eigenvalue weighted by Gasteiger charge is -2.14. The molecular weight excluding hydrogens is 358 g/mol. The molecule has 0 spiro atoms. The summed E-state index contributed by atoms with van der Waals surface area (Å²) in [6.07, 6.45) is 2.94. The Balaban J connectivity index is 1.82. The molecule has 28 heavy (non-hydrogen) atoms. The van der Waals surface area contributed by atoms with Crippen molar-refractivity contribution in [3.05, 3.63) is 71.8 Å². The normalized spacial score (nSPS) is 10.5. The molecule has 1 aromatic heterocycles. The van der Waals surface area contributed by atoms with E-state index in [0.29, 0.717) is 41.2 Å². The number of hydrogen-bond donors (Lipinski definition) is 2.